The van der Waals surface area contributed by atoms with Gasteiger partial charge >= 0.3 is 0 Å². The van der Waals surface area contributed by atoms with Crippen molar-refractivity contribution in [1.82, 2.24) is 15.1 Å². The number of carbonyl (C=O) groups is 1. The molecule has 6 heteroatoms. The first-order valence-electron chi connectivity index (χ1n) is 9.25. The molecule has 0 aromatic heterocycles. The van der Waals surface area contributed by atoms with Crippen LogP contribution in [0.5, 0.6) is 0 Å². The zero-order chi connectivity index (χ0) is 19.2. The SMILES string of the molecule is CC(=O)NCCN1CCN(C(c2ccc(F)cc2)c2ccc(F)cc2)CC1. The molecule has 1 aliphatic heterocycles. The highest BCUT2D eigenvalue weighted by molar-refractivity contribution is 5.72. The van der Waals surface area contributed by atoms with Gasteiger partial charge in [0.25, 0.3) is 0 Å². The molecule has 144 valence electrons. The Morgan fingerprint density at radius 2 is 1.41 bits per heavy atom. The summed E-state index contributed by atoms with van der Waals surface area (Å²) >= 11 is 0. The summed E-state index contributed by atoms with van der Waals surface area (Å²) in [5.41, 5.74) is 1.99. The maximum atomic E-state index is 13.4. The molecule has 2 aromatic rings. The highest BCUT2D eigenvalue weighted by Crippen LogP contribution is 2.30. The Kier molecular flexibility index (Phi) is 6.53. The molecular weight excluding hydrogens is 348 g/mol. The molecule has 0 spiro atoms. The number of amides is 1. The summed E-state index contributed by atoms with van der Waals surface area (Å²) in [6.07, 6.45) is 0. The van der Waals surface area contributed by atoms with Crippen molar-refractivity contribution in [3.05, 3.63) is 71.3 Å². The predicted octanol–water partition coefficient (Wildman–Crippen LogP) is 2.81. The van der Waals surface area contributed by atoms with Gasteiger partial charge in [0.15, 0.2) is 0 Å². The molecule has 27 heavy (non-hydrogen) atoms. The van der Waals surface area contributed by atoms with Crippen LogP contribution in [-0.4, -0.2) is 55.0 Å². The molecule has 0 unspecified atom stereocenters. The minimum Gasteiger partial charge on any atom is -0.355 e. The fourth-order valence-corrected chi connectivity index (χ4v) is 3.54. The molecule has 1 heterocycles. The number of carbonyl (C=O) groups excluding carboxylic acids is 1. The molecule has 1 aliphatic rings. The lowest BCUT2D eigenvalue weighted by Crippen LogP contribution is -2.49. The lowest BCUT2D eigenvalue weighted by Gasteiger charge is -2.39. The van der Waals surface area contributed by atoms with Gasteiger partial charge in [0.2, 0.25) is 5.91 Å². The van der Waals surface area contributed by atoms with E-state index in [4.69, 9.17) is 0 Å². The van der Waals surface area contributed by atoms with E-state index < -0.39 is 0 Å². The number of hydrogen-bond donors (Lipinski definition) is 1. The quantitative estimate of drug-likeness (QED) is 0.846. The van der Waals surface area contributed by atoms with Crippen molar-refractivity contribution in [2.24, 2.45) is 0 Å². The molecule has 0 radical (unpaired) electrons. The molecule has 3 rings (SSSR count). The average molecular weight is 373 g/mol. The third kappa shape index (κ3) is 5.34. The fourth-order valence-electron chi connectivity index (χ4n) is 3.54. The Bertz CT molecular complexity index is 696. The summed E-state index contributed by atoms with van der Waals surface area (Å²) in [4.78, 5) is 15.7. The van der Waals surface area contributed by atoms with Gasteiger partial charge in [0, 0.05) is 46.2 Å². The Hall–Kier alpha value is -2.31. The molecule has 1 saturated heterocycles. The van der Waals surface area contributed by atoms with Gasteiger partial charge < -0.3 is 5.32 Å². The van der Waals surface area contributed by atoms with Gasteiger partial charge in [-0.05, 0) is 35.4 Å². The van der Waals surface area contributed by atoms with E-state index in [2.05, 4.69) is 15.1 Å². The summed E-state index contributed by atoms with van der Waals surface area (Å²) < 4.78 is 26.7. The van der Waals surface area contributed by atoms with Gasteiger partial charge in [0.05, 0.1) is 6.04 Å². The molecule has 2 aromatic carbocycles. The van der Waals surface area contributed by atoms with Crippen LogP contribution in [0.25, 0.3) is 0 Å². The van der Waals surface area contributed by atoms with Gasteiger partial charge in [0.1, 0.15) is 11.6 Å². The van der Waals surface area contributed by atoms with E-state index in [0.29, 0.717) is 6.54 Å². The number of piperazine rings is 1. The van der Waals surface area contributed by atoms with Crippen LogP contribution in [0, 0.1) is 11.6 Å². The fraction of sp³-hybridized carbons (Fsp3) is 0.381. The van der Waals surface area contributed by atoms with Crippen molar-refractivity contribution in [2.45, 2.75) is 13.0 Å². The topological polar surface area (TPSA) is 35.6 Å². The Balaban J connectivity index is 1.71. The first-order valence-corrected chi connectivity index (χ1v) is 9.25. The van der Waals surface area contributed by atoms with E-state index in [0.717, 1.165) is 43.9 Å². The van der Waals surface area contributed by atoms with E-state index >= 15 is 0 Å². The average Bonchev–Trinajstić information content (AvgIpc) is 2.66. The van der Waals surface area contributed by atoms with E-state index in [1.807, 2.05) is 0 Å². The summed E-state index contributed by atoms with van der Waals surface area (Å²) in [6, 6.07) is 13.0. The molecule has 0 atom stereocenters. The van der Waals surface area contributed by atoms with Crippen LogP contribution >= 0.6 is 0 Å². The minimum absolute atomic E-state index is 0.0127. The monoisotopic (exact) mass is 373 g/mol. The zero-order valence-electron chi connectivity index (χ0n) is 15.5. The first kappa shape index (κ1) is 19.5. The third-order valence-corrected chi connectivity index (χ3v) is 4.95. The van der Waals surface area contributed by atoms with Crippen LogP contribution in [0.3, 0.4) is 0 Å². The van der Waals surface area contributed by atoms with Crippen molar-refractivity contribution in [2.75, 3.05) is 39.3 Å². The van der Waals surface area contributed by atoms with Gasteiger partial charge in [-0.1, -0.05) is 24.3 Å². The van der Waals surface area contributed by atoms with Gasteiger partial charge in [-0.3, -0.25) is 14.6 Å². The standard InChI is InChI=1S/C21H25F2N3O/c1-16(27)24-10-11-25-12-14-26(15-13-25)21(17-2-6-19(22)7-3-17)18-4-8-20(23)9-5-18/h2-9,21H,10-15H2,1H3,(H,24,27). The smallest absolute Gasteiger partial charge is 0.216 e. The Labute approximate surface area is 158 Å². The molecule has 0 aliphatic carbocycles. The molecular formula is C21H25F2N3O. The maximum absolute atomic E-state index is 13.4. The molecule has 1 N–H and O–H groups in total. The largest absolute Gasteiger partial charge is 0.355 e. The van der Waals surface area contributed by atoms with Crippen LogP contribution < -0.4 is 5.32 Å². The molecule has 0 bridgehead atoms. The highest BCUT2D eigenvalue weighted by atomic mass is 19.1. The number of nitrogens with one attached hydrogen (secondary N) is 1. The zero-order valence-corrected chi connectivity index (χ0v) is 15.5. The molecule has 0 saturated carbocycles. The summed E-state index contributed by atoms with van der Waals surface area (Å²) in [5, 5.41) is 2.82. The maximum Gasteiger partial charge on any atom is 0.216 e. The van der Waals surface area contributed by atoms with Gasteiger partial charge in [-0.15, -0.1) is 0 Å². The number of nitrogens with zero attached hydrogens (tertiary/aromatic N) is 2. The van der Waals surface area contributed by atoms with Crippen molar-refractivity contribution < 1.29 is 13.6 Å². The summed E-state index contributed by atoms with van der Waals surface area (Å²) in [7, 11) is 0. The molecule has 4 nitrogen and oxygen atoms in total. The lowest BCUT2D eigenvalue weighted by molar-refractivity contribution is -0.119. The second-order valence-corrected chi connectivity index (χ2v) is 6.87. The lowest BCUT2D eigenvalue weighted by atomic mass is 9.96. The predicted molar refractivity (Wildman–Crippen MR) is 101 cm³/mol. The van der Waals surface area contributed by atoms with Gasteiger partial charge in [-0.2, -0.15) is 0 Å². The first-order chi connectivity index (χ1) is 13.0. The van der Waals surface area contributed by atoms with Crippen molar-refractivity contribution in [3.8, 4) is 0 Å². The van der Waals surface area contributed by atoms with E-state index in [9.17, 15) is 13.6 Å². The van der Waals surface area contributed by atoms with Crippen LogP contribution in [0.4, 0.5) is 8.78 Å². The van der Waals surface area contributed by atoms with Crippen LogP contribution in [0.1, 0.15) is 24.1 Å². The van der Waals surface area contributed by atoms with Crippen LogP contribution in [0.2, 0.25) is 0 Å². The Morgan fingerprint density at radius 1 is 0.926 bits per heavy atom. The van der Waals surface area contributed by atoms with Crippen LogP contribution in [-0.2, 0) is 4.79 Å². The highest BCUT2D eigenvalue weighted by Gasteiger charge is 2.26. The van der Waals surface area contributed by atoms with Crippen molar-refractivity contribution >= 4 is 5.91 Å². The second-order valence-electron chi connectivity index (χ2n) is 6.87. The molecule has 1 amide bonds. The second kappa shape index (κ2) is 9.06. The number of benzene rings is 2. The molecule has 1 fully saturated rings. The van der Waals surface area contributed by atoms with Crippen molar-refractivity contribution in [3.63, 3.8) is 0 Å². The Morgan fingerprint density at radius 3 is 1.85 bits per heavy atom. The van der Waals surface area contributed by atoms with E-state index in [1.54, 1.807) is 24.3 Å². The normalized spacial score (nSPS) is 15.9. The van der Waals surface area contributed by atoms with E-state index in [1.165, 1.54) is 31.2 Å². The van der Waals surface area contributed by atoms with Crippen molar-refractivity contribution in [1.29, 1.82) is 0 Å². The summed E-state index contributed by atoms with van der Waals surface area (Å²) in [5.74, 6) is -0.542. The number of rotatable bonds is 6. The number of hydrogen-bond acceptors (Lipinski definition) is 3. The van der Waals surface area contributed by atoms with Gasteiger partial charge in [-0.25, -0.2) is 8.78 Å². The van der Waals surface area contributed by atoms with E-state index in [-0.39, 0.29) is 23.6 Å². The van der Waals surface area contributed by atoms with Crippen LogP contribution in [0.15, 0.2) is 48.5 Å². The summed E-state index contributed by atoms with van der Waals surface area (Å²) in [6.45, 7) is 6.46. The third-order valence-electron chi connectivity index (χ3n) is 4.95. The number of halogens is 2. The minimum atomic E-state index is -0.264.